The summed E-state index contributed by atoms with van der Waals surface area (Å²) in [5, 5.41) is 21.0. The van der Waals surface area contributed by atoms with Crippen LogP contribution in [0.2, 0.25) is 0 Å². The monoisotopic (exact) mass is 509 g/mol. The Kier molecular flexibility index (Phi) is 9.29. The number of aromatic nitrogens is 1. The molecule has 1 aromatic heterocycles. The summed E-state index contributed by atoms with van der Waals surface area (Å²) in [5.74, 6) is -0.384. The number of pyridine rings is 1. The van der Waals surface area contributed by atoms with Crippen molar-refractivity contribution in [3.8, 4) is 0 Å². The topological polar surface area (TPSA) is 103 Å². The summed E-state index contributed by atoms with van der Waals surface area (Å²) in [4.78, 5) is 34.8. The van der Waals surface area contributed by atoms with Crippen LogP contribution in [0.15, 0.2) is 48.8 Å². The van der Waals surface area contributed by atoms with Crippen LogP contribution in [0.3, 0.4) is 0 Å². The molecule has 2 aliphatic rings. The zero-order valence-electron chi connectivity index (χ0n) is 21.7. The van der Waals surface area contributed by atoms with Crippen LogP contribution in [0.4, 0.5) is 0 Å². The number of cyclic esters (lactones) is 1. The number of likely N-dealkylation sites (tertiary alicyclic amines) is 1. The Hall–Kier alpha value is -2.81. The molecule has 0 unspecified atom stereocenters. The van der Waals surface area contributed by atoms with Crippen LogP contribution in [0.25, 0.3) is 0 Å². The van der Waals surface area contributed by atoms with E-state index >= 15 is 0 Å². The maximum atomic E-state index is 13.3. The maximum Gasteiger partial charge on any atom is 0.312 e. The van der Waals surface area contributed by atoms with Gasteiger partial charge in [0.15, 0.2) is 0 Å². The van der Waals surface area contributed by atoms with Crippen molar-refractivity contribution in [2.24, 2.45) is 5.41 Å². The highest BCUT2D eigenvalue weighted by atomic mass is 16.5. The summed E-state index contributed by atoms with van der Waals surface area (Å²) in [6.45, 7) is 4.88. The van der Waals surface area contributed by atoms with E-state index < -0.39 is 17.6 Å². The average Bonchev–Trinajstić information content (AvgIpc) is 2.92. The van der Waals surface area contributed by atoms with Gasteiger partial charge in [0.1, 0.15) is 12.7 Å². The lowest BCUT2D eigenvalue weighted by Gasteiger charge is -2.40. The van der Waals surface area contributed by atoms with Crippen molar-refractivity contribution in [1.82, 2.24) is 14.8 Å². The number of aliphatic hydroxyl groups is 2. The standard InChI is InChI=1S/C29H39N3O5/c1-22-19-30-14-9-24(22)27(35)32-15-6-5-11-29(28(36)37-21-26(34)25(33)10-16-32)12-17-31(18-13-29)20-23-7-3-2-4-8-23/h2-4,7-9,14,19,25-26,33-34H,5-6,10-13,15-18,20-21H2,1H3/t25-,26+/m0/s1. The smallest absolute Gasteiger partial charge is 0.312 e. The van der Waals surface area contributed by atoms with E-state index in [-0.39, 0.29) is 24.9 Å². The molecule has 2 atom stereocenters. The van der Waals surface area contributed by atoms with E-state index in [4.69, 9.17) is 4.74 Å². The summed E-state index contributed by atoms with van der Waals surface area (Å²) in [6.07, 6.45) is 4.79. The Morgan fingerprint density at radius 3 is 2.51 bits per heavy atom. The molecular formula is C29H39N3O5. The number of hydrogen-bond donors (Lipinski definition) is 2. The van der Waals surface area contributed by atoms with Crippen molar-refractivity contribution < 1.29 is 24.5 Å². The fourth-order valence-corrected chi connectivity index (χ4v) is 5.41. The molecule has 37 heavy (non-hydrogen) atoms. The zero-order valence-corrected chi connectivity index (χ0v) is 21.7. The number of esters is 1. The zero-order chi connectivity index (χ0) is 26.3. The molecule has 200 valence electrons. The minimum atomic E-state index is -1.19. The van der Waals surface area contributed by atoms with Gasteiger partial charge in [-0.25, -0.2) is 0 Å². The normalized spacial score (nSPS) is 24.0. The van der Waals surface area contributed by atoms with Gasteiger partial charge in [-0.1, -0.05) is 36.8 Å². The molecule has 2 saturated heterocycles. The fourth-order valence-electron chi connectivity index (χ4n) is 5.41. The predicted molar refractivity (Wildman–Crippen MR) is 140 cm³/mol. The molecule has 2 N–H and O–H groups in total. The molecule has 0 aliphatic carbocycles. The first-order valence-corrected chi connectivity index (χ1v) is 13.4. The van der Waals surface area contributed by atoms with Crippen LogP contribution in [0.1, 0.15) is 60.0 Å². The van der Waals surface area contributed by atoms with Crippen molar-refractivity contribution in [1.29, 1.82) is 0 Å². The highest BCUT2D eigenvalue weighted by Crippen LogP contribution is 2.38. The lowest BCUT2D eigenvalue weighted by atomic mass is 9.74. The molecule has 8 nitrogen and oxygen atoms in total. The minimum absolute atomic E-state index is 0.104. The predicted octanol–water partition coefficient (Wildman–Crippen LogP) is 2.95. The lowest BCUT2D eigenvalue weighted by Crippen LogP contribution is -2.45. The van der Waals surface area contributed by atoms with Gasteiger partial charge in [0.25, 0.3) is 5.91 Å². The summed E-state index contributed by atoms with van der Waals surface area (Å²) in [5.41, 5.74) is 2.04. The molecule has 4 rings (SSSR count). The van der Waals surface area contributed by atoms with Crippen molar-refractivity contribution in [2.75, 3.05) is 32.8 Å². The van der Waals surface area contributed by atoms with Crippen LogP contribution in [-0.2, 0) is 16.1 Å². The van der Waals surface area contributed by atoms with Gasteiger partial charge < -0.3 is 19.8 Å². The van der Waals surface area contributed by atoms with Gasteiger partial charge in [-0.3, -0.25) is 19.5 Å². The number of carbonyl (C=O) groups is 2. The van der Waals surface area contributed by atoms with Gasteiger partial charge in [-0.15, -0.1) is 0 Å². The molecule has 2 fully saturated rings. The molecule has 0 bridgehead atoms. The largest absolute Gasteiger partial charge is 0.462 e. The third-order valence-corrected chi connectivity index (χ3v) is 7.89. The third kappa shape index (κ3) is 6.94. The number of aliphatic hydroxyl groups excluding tert-OH is 2. The third-order valence-electron chi connectivity index (χ3n) is 7.89. The SMILES string of the molecule is Cc1cnccc1C(=O)N1CCCCC2(CCN(Cc3ccccc3)CC2)C(=O)OC[C@@H](O)[C@@H](O)CC1. The van der Waals surface area contributed by atoms with Crippen LogP contribution < -0.4 is 0 Å². The second kappa shape index (κ2) is 12.6. The molecule has 0 saturated carbocycles. The molecule has 1 spiro atoms. The fraction of sp³-hybridized carbons (Fsp3) is 0.552. The number of ether oxygens (including phenoxy) is 1. The van der Waals surface area contributed by atoms with Crippen LogP contribution >= 0.6 is 0 Å². The number of rotatable bonds is 3. The molecule has 2 aromatic rings. The van der Waals surface area contributed by atoms with E-state index in [1.807, 2.05) is 25.1 Å². The summed E-state index contributed by atoms with van der Waals surface area (Å²) in [6, 6.07) is 12.0. The van der Waals surface area contributed by atoms with E-state index in [1.165, 1.54) is 5.56 Å². The molecule has 1 amide bonds. The molecule has 2 aliphatic heterocycles. The molecular weight excluding hydrogens is 470 g/mol. The van der Waals surface area contributed by atoms with E-state index in [1.54, 1.807) is 23.4 Å². The lowest BCUT2D eigenvalue weighted by molar-refractivity contribution is -0.165. The Morgan fingerprint density at radius 1 is 1.03 bits per heavy atom. The van der Waals surface area contributed by atoms with Crippen LogP contribution in [-0.4, -0.2) is 81.9 Å². The number of aryl methyl sites for hydroxylation is 1. The van der Waals surface area contributed by atoms with E-state index in [9.17, 15) is 19.8 Å². The molecule has 0 radical (unpaired) electrons. The number of hydrogen-bond acceptors (Lipinski definition) is 7. The number of nitrogens with zero attached hydrogens (tertiary/aromatic N) is 3. The van der Waals surface area contributed by atoms with Crippen molar-refractivity contribution >= 4 is 11.9 Å². The summed E-state index contributed by atoms with van der Waals surface area (Å²) >= 11 is 0. The van der Waals surface area contributed by atoms with Crippen LogP contribution in [0, 0.1) is 12.3 Å². The van der Waals surface area contributed by atoms with E-state index in [0.29, 0.717) is 37.9 Å². The van der Waals surface area contributed by atoms with Gasteiger partial charge in [-0.2, -0.15) is 0 Å². The second-order valence-electron chi connectivity index (χ2n) is 10.5. The summed E-state index contributed by atoms with van der Waals surface area (Å²) in [7, 11) is 0. The van der Waals surface area contributed by atoms with Gasteiger partial charge >= 0.3 is 5.97 Å². The van der Waals surface area contributed by atoms with Gasteiger partial charge in [0.2, 0.25) is 0 Å². The van der Waals surface area contributed by atoms with Gasteiger partial charge in [0, 0.05) is 37.6 Å². The van der Waals surface area contributed by atoms with Crippen molar-refractivity contribution in [3.05, 3.63) is 65.5 Å². The van der Waals surface area contributed by atoms with Gasteiger partial charge in [0.05, 0.1) is 11.5 Å². The van der Waals surface area contributed by atoms with E-state index in [0.717, 1.165) is 38.0 Å². The van der Waals surface area contributed by atoms with Crippen molar-refractivity contribution in [3.63, 3.8) is 0 Å². The highest BCUT2D eigenvalue weighted by Gasteiger charge is 2.42. The number of amides is 1. The first-order valence-electron chi connectivity index (χ1n) is 13.4. The maximum absolute atomic E-state index is 13.3. The van der Waals surface area contributed by atoms with Gasteiger partial charge in [-0.05, 0) is 69.3 Å². The van der Waals surface area contributed by atoms with E-state index in [2.05, 4.69) is 22.0 Å². The molecule has 3 heterocycles. The Morgan fingerprint density at radius 2 is 1.78 bits per heavy atom. The Bertz CT molecular complexity index is 1040. The Balaban J connectivity index is 1.44. The summed E-state index contributed by atoms with van der Waals surface area (Å²) < 4.78 is 5.59. The molecule has 1 aromatic carbocycles. The average molecular weight is 510 g/mol. The Labute approximate surface area is 219 Å². The number of benzene rings is 1. The van der Waals surface area contributed by atoms with Crippen molar-refractivity contribution in [2.45, 2.75) is 64.2 Å². The highest BCUT2D eigenvalue weighted by molar-refractivity contribution is 5.95. The first kappa shape index (κ1) is 27.2. The number of piperidine rings is 1. The quantitative estimate of drug-likeness (QED) is 0.613. The number of carbonyl (C=O) groups excluding carboxylic acids is 2. The first-order chi connectivity index (χ1) is 17.9. The van der Waals surface area contributed by atoms with Crippen LogP contribution in [0.5, 0.6) is 0 Å². The minimum Gasteiger partial charge on any atom is -0.462 e. The second-order valence-corrected chi connectivity index (χ2v) is 10.5. The molecule has 8 heteroatoms.